The van der Waals surface area contributed by atoms with Gasteiger partial charge in [-0.3, -0.25) is 19.8 Å². The molecule has 0 fully saturated rings. The summed E-state index contributed by atoms with van der Waals surface area (Å²) >= 11 is 0. The molecule has 3 aromatic carbocycles. The summed E-state index contributed by atoms with van der Waals surface area (Å²) in [7, 11) is 0. The van der Waals surface area contributed by atoms with Crippen LogP contribution >= 0.6 is 0 Å². The summed E-state index contributed by atoms with van der Waals surface area (Å²) in [6, 6.07) is 20.1. The lowest BCUT2D eigenvalue weighted by molar-refractivity contribution is -0.148. The number of aliphatic carboxylic acids is 2. The minimum atomic E-state index is -1.60. The minimum Gasteiger partial charge on any atom is -0.491 e. The number of nitrogens with two attached hydrogens (primary N) is 1. The fourth-order valence-electron chi connectivity index (χ4n) is 3.68. The highest BCUT2D eigenvalue weighted by molar-refractivity contribution is 6.33. The number of amidine groups is 1. The number of hydrogen-bond acceptors (Lipinski definition) is 6. The van der Waals surface area contributed by atoms with Gasteiger partial charge in [-0.15, -0.1) is 0 Å². The van der Waals surface area contributed by atoms with Crippen LogP contribution in [0.15, 0.2) is 72.8 Å². The van der Waals surface area contributed by atoms with Crippen LogP contribution in [0.5, 0.6) is 5.75 Å². The van der Waals surface area contributed by atoms with Crippen LogP contribution in [0.3, 0.4) is 0 Å². The Labute approximate surface area is 218 Å². The number of ether oxygens (including phenoxy) is 1. The third-order valence-electron chi connectivity index (χ3n) is 5.68. The first-order chi connectivity index (χ1) is 18.1. The molecule has 0 aliphatic rings. The van der Waals surface area contributed by atoms with Crippen LogP contribution in [0.25, 0.3) is 11.1 Å². The van der Waals surface area contributed by atoms with Crippen molar-refractivity contribution < 1.29 is 34.1 Å². The zero-order valence-corrected chi connectivity index (χ0v) is 20.3. The number of ketones is 1. The highest BCUT2D eigenvalue weighted by atomic mass is 16.5. The maximum Gasteiger partial charge on any atom is 0.372 e. The summed E-state index contributed by atoms with van der Waals surface area (Å²) in [5.41, 5.74) is 8.23. The first-order valence-corrected chi connectivity index (χ1v) is 11.7. The van der Waals surface area contributed by atoms with Gasteiger partial charge < -0.3 is 26.0 Å². The van der Waals surface area contributed by atoms with Gasteiger partial charge in [0.1, 0.15) is 18.2 Å². The number of nitrogens with one attached hydrogen (secondary N) is 2. The highest BCUT2D eigenvalue weighted by Crippen LogP contribution is 2.23. The molecule has 0 heterocycles. The summed E-state index contributed by atoms with van der Waals surface area (Å²) in [5.74, 6) is -4.30. The monoisotopic (exact) mass is 517 g/mol. The third kappa shape index (κ3) is 7.76. The summed E-state index contributed by atoms with van der Waals surface area (Å²) in [6.07, 6.45) is -0.646. The van der Waals surface area contributed by atoms with Crippen LogP contribution in [0, 0.1) is 5.41 Å². The van der Waals surface area contributed by atoms with E-state index >= 15 is 0 Å². The van der Waals surface area contributed by atoms with Crippen molar-refractivity contribution in [1.29, 1.82) is 5.41 Å². The quantitative estimate of drug-likeness (QED) is 0.130. The van der Waals surface area contributed by atoms with Crippen LogP contribution in [-0.4, -0.2) is 52.3 Å². The van der Waals surface area contributed by atoms with Gasteiger partial charge in [0, 0.05) is 29.5 Å². The fraction of sp³-hybridized carbons (Fsp3) is 0.179. The van der Waals surface area contributed by atoms with Crippen LogP contribution in [0.2, 0.25) is 0 Å². The Morgan fingerprint density at radius 2 is 1.61 bits per heavy atom. The van der Waals surface area contributed by atoms with Crippen LogP contribution in [0.4, 0.5) is 0 Å². The Kier molecular flexibility index (Phi) is 9.31. The number of carbonyl (C=O) groups excluding carboxylic acids is 2. The molecular formula is C28H27N3O7. The van der Waals surface area contributed by atoms with Crippen molar-refractivity contribution >= 4 is 29.5 Å². The first kappa shape index (κ1) is 27.6. The van der Waals surface area contributed by atoms with Crippen molar-refractivity contribution in [1.82, 2.24) is 5.32 Å². The van der Waals surface area contributed by atoms with E-state index in [0.29, 0.717) is 5.56 Å². The topological polar surface area (TPSA) is 180 Å². The molecule has 0 bridgehead atoms. The lowest BCUT2D eigenvalue weighted by Crippen LogP contribution is -2.39. The molecule has 1 amide bonds. The second-order valence-electron chi connectivity index (χ2n) is 8.50. The van der Waals surface area contributed by atoms with Crippen molar-refractivity contribution in [3.8, 4) is 16.9 Å². The van der Waals surface area contributed by atoms with E-state index in [2.05, 4.69) is 5.32 Å². The lowest BCUT2D eigenvalue weighted by Gasteiger charge is -2.20. The van der Waals surface area contributed by atoms with E-state index in [9.17, 15) is 19.2 Å². The normalized spacial score (nSPS) is 11.3. The molecule has 10 heteroatoms. The Bertz CT molecular complexity index is 1360. The van der Waals surface area contributed by atoms with E-state index in [1.807, 2.05) is 36.4 Å². The van der Waals surface area contributed by atoms with E-state index in [0.717, 1.165) is 11.1 Å². The number of nitrogen functional groups attached to an aromatic ring is 1. The van der Waals surface area contributed by atoms with Crippen LogP contribution < -0.4 is 15.8 Å². The maximum atomic E-state index is 13.1. The van der Waals surface area contributed by atoms with Crippen molar-refractivity contribution in [2.75, 3.05) is 6.61 Å². The molecule has 0 saturated heterocycles. The number of carbonyl (C=O) groups is 4. The number of rotatable bonds is 13. The Morgan fingerprint density at radius 3 is 2.26 bits per heavy atom. The van der Waals surface area contributed by atoms with Crippen LogP contribution in [0.1, 0.15) is 34.3 Å². The molecule has 3 aromatic rings. The van der Waals surface area contributed by atoms with E-state index in [1.54, 1.807) is 18.2 Å². The average Bonchev–Trinajstić information content (AvgIpc) is 2.91. The van der Waals surface area contributed by atoms with E-state index in [1.165, 1.54) is 18.2 Å². The SMILES string of the molecule is N=C(N)c1ccc(CC(=O)C(=O)O)c(OC[C@@H](CCC(=O)O)NC(=O)c2cccc(-c3ccccc3)c2)c1. The molecule has 196 valence electrons. The van der Waals surface area contributed by atoms with Gasteiger partial charge in [-0.05, 0) is 35.7 Å². The van der Waals surface area contributed by atoms with Gasteiger partial charge in [0.2, 0.25) is 5.78 Å². The van der Waals surface area contributed by atoms with Gasteiger partial charge in [-0.1, -0.05) is 54.6 Å². The van der Waals surface area contributed by atoms with Gasteiger partial charge in [0.05, 0.1) is 6.04 Å². The molecule has 0 aliphatic heterocycles. The molecule has 0 spiro atoms. The standard InChI is InChI=1S/C28H27N3O7/c29-26(30)20-10-9-19(14-23(32)28(36)37)24(15-20)38-16-22(11-12-25(33)34)31-27(35)21-8-4-7-18(13-21)17-5-2-1-3-6-17/h1-10,13,15,22H,11-12,14,16H2,(H3,29,30)(H,31,35)(H,33,34)(H,36,37)/t22-/m1/s1. The van der Waals surface area contributed by atoms with E-state index < -0.39 is 36.1 Å². The number of Topliss-reactive ketones (excluding diaryl/α,β-unsaturated/α-hetero) is 1. The molecule has 38 heavy (non-hydrogen) atoms. The van der Waals surface area contributed by atoms with Crippen molar-refractivity contribution in [3.63, 3.8) is 0 Å². The predicted octanol–water partition coefficient (Wildman–Crippen LogP) is 2.88. The number of benzene rings is 3. The fourth-order valence-corrected chi connectivity index (χ4v) is 3.68. The van der Waals surface area contributed by atoms with Crippen LogP contribution in [-0.2, 0) is 20.8 Å². The summed E-state index contributed by atoms with van der Waals surface area (Å²) in [5, 5.41) is 28.6. The molecule has 0 saturated carbocycles. The number of carboxylic acid groups (broad SMARTS) is 2. The van der Waals surface area contributed by atoms with E-state index in [-0.39, 0.29) is 42.2 Å². The van der Waals surface area contributed by atoms with Gasteiger partial charge in [0.25, 0.3) is 5.91 Å². The number of amides is 1. The Morgan fingerprint density at radius 1 is 0.895 bits per heavy atom. The molecule has 0 aromatic heterocycles. The van der Waals surface area contributed by atoms with Crippen molar-refractivity contribution in [2.45, 2.75) is 25.3 Å². The van der Waals surface area contributed by atoms with Gasteiger partial charge in [-0.25, -0.2) is 4.79 Å². The number of hydrogen-bond donors (Lipinski definition) is 5. The second-order valence-corrected chi connectivity index (χ2v) is 8.50. The molecule has 0 aliphatic carbocycles. The summed E-state index contributed by atoms with van der Waals surface area (Å²) in [6.45, 7) is -0.174. The third-order valence-corrected chi connectivity index (χ3v) is 5.68. The van der Waals surface area contributed by atoms with Crippen molar-refractivity contribution in [2.24, 2.45) is 5.73 Å². The van der Waals surface area contributed by atoms with Gasteiger partial charge in [0.15, 0.2) is 0 Å². The Hall–Kier alpha value is -4.99. The minimum absolute atomic E-state index is 0.0508. The zero-order valence-electron chi connectivity index (χ0n) is 20.3. The average molecular weight is 518 g/mol. The van der Waals surface area contributed by atoms with Gasteiger partial charge in [-0.2, -0.15) is 0 Å². The van der Waals surface area contributed by atoms with Gasteiger partial charge >= 0.3 is 11.9 Å². The molecule has 1 atom stereocenters. The molecule has 3 rings (SSSR count). The Balaban J connectivity index is 1.80. The maximum absolute atomic E-state index is 13.1. The second kappa shape index (κ2) is 12.8. The molecule has 0 unspecified atom stereocenters. The largest absolute Gasteiger partial charge is 0.491 e. The first-order valence-electron chi connectivity index (χ1n) is 11.7. The lowest BCUT2D eigenvalue weighted by atomic mass is 10.0. The van der Waals surface area contributed by atoms with Crippen molar-refractivity contribution in [3.05, 3.63) is 89.5 Å². The molecule has 0 radical (unpaired) electrons. The summed E-state index contributed by atoms with van der Waals surface area (Å²) < 4.78 is 5.83. The molecular weight excluding hydrogens is 490 g/mol. The smallest absolute Gasteiger partial charge is 0.372 e. The zero-order chi connectivity index (χ0) is 27.7. The highest BCUT2D eigenvalue weighted by Gasteiger charge is 2.20. The predicted molar refractivity (Wildman–Crippen MR) is 139 cm³/mol. The van der Waals surface area contributed by atoms with E-state index in [4.69, 9.17) is 26.1 Å². The number of carboxylic acids is 2. The summed E-state index contributed by atoms with van der Waals surface area (Å²) in [4.78, 5) is 47.1. The molecule has 6 N–H and O–H groups in total. The molecule has 10 nitrogen and oxygen atoms in total.